The fraction of sp³-hybridized carbons (Fsp3) is 0.200. The summed E-state index contributed by atoms with van der Waals surface area (Å²) in [5.41, 5.74) is 1.55. The predicted octanol–water partition coefficient (Wildman–Crippen LogP) is 4.78. The van der Waals surface area contributed by atoms with Crippen LogP contribution in [0.15, 0.2) is 59.0 Å². The first-order chi connectivity index (χ1) is 13.9. The Labute approximate surface area is 176 Å². The first kappa shape index (κ1) is 19.8. The van der Waals surface area contributed by atoms with E-state index in [1.54, 1.807) is 6.07 Å². The minimum atomic E-state index is -0.338. The second-order valence-electron chi connectivity index (χ2n) is 6.73. The van der Waals surface area contributed by atoms with Crippen molar-refractivity contribution in [3.8, 4) is 5.69 Å². The first-order valence-corrected chi connectivity index (χ1v) is 10.1. The van der Waals surface area contributed by atoms with Gasteiger partial charge < -0.3 is 0 Å². The highest BCUT2D eigenvalue weighted by Gasteiger charge is 2.22. The maximum atomic E-state index is 13.8. The summed E-state index contributed by atoms with van der Waals surface area (Å²) in [6.45, 7) is 2.06. The lowest BCUT2D eigenvalue weighted by Crippen LogP contribution is -2.20. The minimum Gasteiger partial charge on any atom is -0.300 e. The second-order valence-corrected chi connectivity index (χ2v) is 8.13. The lowest BCUT2D eigenvalue weighted by molar-refractivity contribution is 0.305. The molecule has 0 aliphatic carbocycles. The van der Waals surface area contributed by atoms with Gasteiger partial charge in [-0.3, -0.25) is 9.47 Å². The van der Waals surface area contributed by atoms with Crippen molar-refractivity contribution in [2.45, 2.75) is 23.1 Å². The molecule has 2 heterocycles. The summed E-state index contributed by atoms with van der Waals surface area (Å²) in [5.74, 6) is 0.444. The fourth-order valence-corrected chi connectivity index (χ4v) is 3.90. The summed E-state index contributed by atoms with van der Waals surface area (Å²) in [5, 5.41) is 11.4. The van der Waals surface area contributed by atoms with Gasteiger partial charge >= 0.3 is 0 Å². The third kappa shape index (κ3) is 3.96. The first-order valence-electron chi connectivity index (χ1n) is 8.90. The highest BCUT2D eigenvalue weighted by atomic mass is 35.5. The zero-order chi connectivity index (χ0) is 20.5. The van der Waals surface area contributed by atoms with Gasteiger partial charge in [0.1, 0.15) is 17.2 Å². The van der Waals surface area contributed by atoms with Crippen molar-refractivity contribution in [3.05, 3.63) is 65.5 Å². The molecule has 9 heteroatoms. The van der Waals surface area contributed by atoms with Crippen LogP contribution in [0.1, 0.15) is 18.8 Å². The normalized spacial score (nSPS) is 12.6. The van der Waals surface area contributed by atoms with E-state index in [2.05, 4.69) is 32.0 Å². The van der Waals surface area contributed by atoms with Crippen LogP contribution in [-0.4, -0.2) is 43.7 Å². The maximum Gasteiger partial charge on any atom is 0.202 e. The van der Waals surface area contributed by atoms with Gasteiger partial charge in [0, 0.05) is 16.1 Å². The summed E-state index contributed by atoms with van der Waals surface area (Å²) >= 11 is 7.39. The van der Waals surface area contributed by atoms with Crippen LogP contribution in [0.25, 0.3) is 16.6 Å². The van der Waals surface area contributed by atoms with E-state index in [0.29, 0.717) is 26.1 Å². The average molecular weight is 429 g/mol. The Hall–Kier alpha value is -2.55. The van der Waals surface area contributed by atoms with Gasteiger partial charge in [0.15, 0.2) is 5.82 Å². The van der Waals surface area contributed by atoms with Crippen LogP contribution < -0.4 is 0 Å². The number of fused-ring (bicyclic) bond motifs is 1. The van der Waals surface area contributed by atoms with Crippen molar-refractivity contribution in [1.82, 2.24) is 29.6 Å². The molecule has 0 spiro atoms. The fourth-order valence-electron chi connectivity index (χ4n) is 2.85. The largest absolute Gasteiger partial charge is 0.300 e. The highest BCUT2D eigenvalue weighted by molar-refractivity contribution is 7.99. The number of hydrogen-bond acceptors (Lipinski definition) is 6. The van der Waals surface area contributed by atoms with Crippen molar-refractivity contribution in [1.29, 1.82) is 0 Å². The molecule has 1 atom stereocenters. The van der Waals surface area contributed by atoms with Crippen LogP contribution in [0.4, 0.5) is 4.39 Å². The zero-order valence-electron chi connectivity index (χ0n) is 16.0. The molecule has 4 rings (SSSR count). The molecule has 0 fully saturated rings. The number of benzene rings is 2. The van der Waals surface area contributed by atoms with E-state index < -0.39 is 0 Å². The summed E-state index contributed by atoms with van der Waals surface area (Å²) in [4.78, 5) is 10.6. The van der Waals surface area contributed by atoms with Gasteiger partial charge in [-0.05, 0) is 75.2 Å². The Kier molecular flexibility index (Phi) is 5.49. The molecular weight excluding hydrogens is 411 g/mol. The van der Waals surface area contributed by atoms with Gasteiger partial charge in [-0.25, -0.2) is 14.4 Å². The molecule has 148 valence electrons. The molecule has 0 aliphatic heterocycles. The molecule has 0 saturated carbocycles. The standard InChI is InChI=1S/C20H18ClFN6S/c1-12(27(2)3)18-25-26-20(28(18)15-7-4-13(21)5-8-15)29-19-16-10-14(22)6-9-17(16)23-11-24-19/h4-12H,1-3H3. The quantitative estimate of drug-likeness (QED) is 0.426. The molecule has 29 heavy (non-hydrogen) atoms. The summed E-state index contributed by atoms with van der Waals surface area (Å²) < 4.78 is 15.8. The van der Waals surface area contributed by atoms with E-state index in [4.69, 9.17) is 11.6 Å². The van der Waals surface area contributed by atoms with Gasteiger partial charge in [-0.1, -0.05) is 11.6 Å². The van der Waals surface area contributed by atoms with Gasteiger partial charge in [0.2, 0.25) is 5.16 Å². The third-order valence-electron chi connectivity index (χ3n) is 4.64. The number of halogens is 2. The van der Waals surface area contributed by atoms with E-state index in [-0.39, 0.29) is 11.9 Å². The third-order valence-corrected chi connectivity index (χ3v) is 5.86. The molecular formula is C20H18ClFN6S. The van der Waals surface area contributed by atoms with Gasteiger partial charge in [-0.15, -0.1) is 10.2 Å². The van der Waals surface area contributed by atoms with Gasteiger partial charge in [-0.2, -0.15) is 0 Å². The van der Waals surface area contributed by atoms with Gasteiger partial charge in [0.05, 0.1) is 11.6 Å². The van der Waals surface area contributed by atoms with E-state index in [1.165, 1.54) is 30.2 Å². The van der Waals surface area contributed by atoms with Crippen molar-refractivity contribution < 1.29 is 4.39 Å². The van der Waals surface area contributed by atoms with Crippen molar-refractivity contribution >= 4 is 34.3 Å². The van der Waals surface area contributed by atoms with Crippen LogP contribution in [0.3, 0.4) is 0 Å². The minimum absolute atomic E-state index is 0.0205. The molecule has 0 aliphatic rings. The summed E-state index contributed by atoms with van der Waals surface area (Å²) in [6, 6.07) is 12.0. The van der Waals surface area contributed by atoms with E-state index in [0.717, 1.165) is 11.5 Å². The SMILES string of the molecule is CC(c1nnc(Sc2ncnc3ccc(F)cc23)n1-c1ccc(Cl)cc1)N(C)C. The molecule has 6 nitrogen and oxygen atoms in total. The molecule has 2 aromatic heterocycles. The molecule has 0 N–H and O–H groups in total. The lowest BCUT2D eigenvalue weighted by atomic mass is 10.2. The number of rotatable bonds is 5. The Morgan fingerprint density at radius 2 is 1.83 bits per heavy atom. The van der Waals surface area contributed by atoms with Crippen LogP contribution in [0.2, 0.25) is 5.02 Å². The monoisotopic (exact) mass is 428 g/mol. The Bertz CT molecular complexity index is 1160. The van der Waals surface area contributed by atoms with Gasteiger partial charge in [0.25, 0.3) is 0 Å². The van der Waals surface area contributed by atoms with Crippen molar-refractivity contribution in [3.63, 3.8) is 0 Å². The molecule has 0 radical (unpaired) electrons. The van der Waals surface area contributed by atoms with Crippen LogP contribution in [0, 0.1) is 5.82 Å². The van der Waals surface area contributed by atoms with Crippen molar-refractivity contribution in [2.24, 2.45) is 0 Å². The Morgan fingerprint density at radius 1 is 1.07 bits per heavy atom. The molecule has 1 unspecified atom stereocenters. The predicted molar refractivity (Wildman–Crippen MR) is 112 cm³/mol. The molecule has 2 aromatic carbocycles. The smallest absolute Gasteiger partial charge is 0.202 e. The van der Waals surface area contributed by atoms with E-state index in [1.807, 2.05) is 42.9 Å². The number of nitrogens with zero attached hydrogens (tertiary/aromatic N) is 6. The highest BCUT2D eigenvalue weighted by Crippen LogP contribution is 2.34. The average Bonchev–Trinajstić information content (AvgIpc) is 3.11. The van der Waals surface area contributed by atoms with Crippen LogP contribution in [-0.2, 0) is 0 Å². The topological polar surface area (TPSA) is 59.7 Å². The lowest BCUT2D eigenvalue weighted by Gasteiger charge is -2.20. The zero-order valence-corrected chi connectivity index (χ0v) is 17.6. The Morgan fingerprint density at radius 3 is 2.55 bits per heavy atom. The van der Waals surface area contributed by atoms with E-state index >= 15 is 0 Å². The van der Waals surface area contributed by atoms with E-state index in [9.17, 15) is 4.39 Å². The Balaban J connectivity index is 1.84. The van der Waals surface area contributed by atoms with Crippen molar-refractivity contribution in [2.75, 3.05) is 14.1 Å². The molecule has 0 bridgehead atoms. The maximum absolute atomic E-state index is 13.8. The summed E-state index contributed by atoms with van der Waals surface area (Å²) in [6.07, 6.45) is 1.47. The molecule has 0 amide bonds. The molecule has 4 aromatic rings. The molecule has 0 saturated heterocycles. The van der Waals surface area contributed by atoms with Crippen LogP contribution in [0.5, 0.6) is 0 Å². The number of aromatic nitrogens is 5. The second kappa shape index (κ2) is 8.06. The van der Waals surface area contributed by atoms with Crippen LogP contribution >= 0.6 is 23.4 Å². The number of hydrogen-bond donors (Lipinski definition) is 0. The summed E-state index contributed by atoms with van der Waals surface area (Å²) in [7, 11) is 3.97.